The zero-order valence-electron chi connectivity index (χ0n) is 12.0. The third kappa shape index (κ3) is 2.64. The normalized spacial score (nSPS) is 11.3. The predicted octanol–water partition coefficient (Wildman–Crippen LogP) is 4.26. The van der Waals surface area contributed by atoms with Gasteiger partial charge in [-0.2, -0.15) is 0 Å². The molecular weight excluding hydrogens is 291 g/mol. The molecule has 0 amide bonds. The van der Waals surface area contributed by atoms with Crippen LogP contribution in [0.2, 0.25) is 0 Å². The van der Waals surface area contributed by atoms with Gasteiger partial charge in [0.25, 0.3) is 0 Å². The minimum Gasteiger partial charge on any atom is -0.0620 e. The molecule has 104 valence electrons. The summed E-state index contributed by atoms with van der Waals surface area (Å²) in [6.07, 6.45) is 2.24. The van der Waals surface area contributed by atoms with Gasteiger partial charge in [0.15, 0.2) is 6.46 Å². The lowest BCUT2D eigenvalue weighted by atomic mass is 10.4. The van der Waals surface area contributed by atoms with Crippen LogP contribution in [0.1, 0.15) is 0 Å². The molecule has 0 aliphatic carbocycles. The highest BCUT2D eigenvalue weighted by Crippen LogP contribution is 2.65. The summed E-state index contributed by atoms with van der Waals surface area (Å²) < 4.78 is 0. The molecule has 3 aromatic carbocycles. The smallest absolute Gasteiger partial charge is 0.0620 e. The molecule has 0 bridgehead atoms. The van der Waals surface area contributed by atoms with E-state index < -0.39 is 6.46 Å². The van der Waals surface area contributed by atoms with Gasteiger partial charge in [0.05, 0.1) is 0 Å². The molecule has 3 rings (SSSR count). The van der Waals surface area contributed by atoms with Crippen LogP contribution in [0.5, 0.6) is 0 Å². The molecule has 2 heteroatoms. The summed E-state index contributed by atoms with van der Waals surface area (Å²) in [6.45, 7) is -1.62. The molecule has 0 saturated heterocycles. The first kappa shape index (κ1) is 14.4. The molecular formula is C19H18PS+. The van der Waals surface area contributed by atoms with Crippen LogP contribution < -0.4 is 15.9 Å². The molecule has 0 saturated carbocycles. The van der Waals surface area contributed by atoms with Gasteiger partial charge in [-0.3, -0.25) is 0 Å². The van der Waals surface area contributed by atoms with E-state index in [4.69, 9.17) is 0 Å². The van der Waals surface area contributed by atoms with Gasteiger partial charge >= 0.3 is 0 Å². The molecule has 0 N–H and O–H groups in total. The van der Waals surface area contributed by atoms with E-state index in [1.54, 1.807) is 0 Å². The number of benzene rings is 3. The Kier molecular flexibility index (Phi) is 4.43. The van der Waals surface area contributed by atoms with Gasteiger partial charge in [0, 0.05) is 17.6 Å². The largest absolute Gasteiger partial charge is 0.170 e. The van der Waals surface area contributed by atoms with Crippen LogP contribution in [0, 0.1) is 0 Å². The van der Waals surface area contributed by atoms with E-state index in [0.717, 1.165) is 0 Å². The van der Waals surface area contributed by atoms with E-state index in [9.17, 15) is 0 Å². The lowest BCUT2D eigenvalue weighted by Gasteiger charge is -2.24. The number of hydrogen-bond donors (Lipinski definition) is 0. The van der Waals surface area contributed by atoms with Crippen molar-refractivity contribution in [2.24, 2.45) is 0 Å². The Hall–Kier alpha value is -1.56. The molecule has 0 nitrogen and oxygen atoms in total. The van der Waals surface area contributed by atoms with Gasteiger partial charge in [-0.05, 0) is 36.4 Å². The second-order valence-corrected chi connectivity index (χ2v) is 10.7. The fraction of sp³-hybridized carbons (Fsp3) is 0.0526. The average Bonchev–Trinajstić information content (AvgIpc) is 2.59. The van der Waals surface area contributed by atoms with Crippen molar-refractivity contribution in [1.82, 2.24) is 0 Å². The SMILES string of the molecule is CS[P+](c1ccccc1)(c1ccccc1)c1ccccc1. The highest BCUT2D eigenvalue weighted by Gasteiger charge is 2.45. The third-order valence-corrected chi connectivity index (χ3v) is 10.8. The standard InChI is InChI=1S/C19H18PS/c1-21-20(17-11-5-2-6-12-17,18-13-7-3-8-14-18)19-15-9-4-10-16-19/h2-16H,1H3/q+1. The summed E-state index contributed by atoms with van der Waals surface area (Å²) in [7, 11) is 0. The van der Waals surface area contributed by atoms with Gasteiger partial charge in [0.1, 0.15) is 15.9 Å². The van der Waals surface area contributed by atoms with E-state index in [1.165, 1.54) is 15.9 Å². The maximum Gasteiger partial charge on any atom is 0.170 e. The van der Waals surface area contributed by atoms with Crippen molar-refractivity contribution in [2.75, 3.05) is 6.26 Å². The van der Waals surface area contributed by atoms with E-state index >= 15 is 0 Å². The Morgan fingerprint density at radius 2 is 0.810 bits per heavy atom. The first-order chi connectivity index (χ1) is 10.4. The second-order valence-electron chi connectivity index (χ2n) is 4.80. The van der Waals surface area contributed by atoms with E-state index in [-0.39, 0.29) is 0 Å². The second kappa shape index (κ2) is 6.47. The molecule has 0 aliphatic rings. The van der Waals surface area contributed by atoms with E-state index in [0.29, 0.717) is 0 Å². The van der Waals surface area contributed by atoms with Crippen molar-refractivity contribution >= 4 is 33.8 Å². The fourth-order valence-electron chi connectivity index (χ4n) is 2.68. The minimum atomic E-state index is -1.62. The van der Waals surface area contributed by atoms with Crippen molar-refractivity contribution in [1.29, 1.82) is 0 Å². The molecule has 0 unspecified atom stereocenters. The molecule has 0 aromatic heterocycles. The molecule has 0 atom stereocenters. The Balaban J connectivity index is 2.29. The van der Waals surface area contributed by atoms with Crippen molar-refractivity contribution in [3.63, 3.8) is 0 Å². The van der Waals surface area contributed by atoms with E-state index in [2.05, 4.69) is 97.3 Å². The molecule has 21 heavy (non-hydrogen) atoms. The summed E-state index contributed by atoms with van der Waals surface area (Å²) in [5.41, 5.74) is 0. The van der Waals surface area contributed by atoms with Crippen molar-refractivity contribution in [3.8, 4) is 0 Å². The zero-order chi connectivity index (χ0) is 14.5. The van der Waals surface area contributed by atoms with Crippen LogP contribution in [0.15, 0.2) is 91.0 Å². The van der Waals surface area contributed by atoms with Crippen molar-refractivity contribution in [3.05, 3.63) is 91.0 Å². The van der Waals surface area contributed by atoms with Crippen LogP contribution >= 0.6 is 17.8 Å². The maximum atomic E-state index is 2.27. The van der Waals surface area contributed by atoms with Gasteiger partial charge in [0.2, 0.25) is 0 Å². The third-order valence-electron chi connectivity index (χ3n) is 3.63. The fourth-order valence-corrected chi connectivity index (χ4v) is 8.97. The van der Waals surface area contributed by atoms with Gasteiger partial charge in [-0.25, -0.2) is 0 Å². The van der Waals surface area contributed by atoms with Crippen molar-refractivity contribution < 1.29 is 0 Å². The summed E-state index contributed by atoms with van der Waals surface area (Å²) in [6, 6.07) is 32.8. The Morgan fingerprint density at radius 3 is 1.05 bits per heavy atom. The minimum absolute atomic E-state index is 1.43. The topological polar surface area (TPSA) is 0 Å². The van der Waals surface area contributed by atoms with Crippen LogP contribution in [0.4, 0.5) is 0 Å². The average molecular weight is 309 g/mol. The van der Waals surface area contributed by atoms with Crippen LogP contribution in [0.25, 0.3) is 0 Å². The van der Waals surface area contributed by atoms with Crippen LogP contribution in [-0.2, 0) is 0 Å². The lowest BCUT2D eigenvalue weighted by molar-refractivity contribution is 1.73. The Bertz CT molecular complexity index is 584. The number of rotatable bonds is 4. The Labute approximate surface area is 131 Å². The lowest BCUT2D eigenvalue weighted by Crippen LogP contribution is -2.28. The van der Waals surface area contributed by atoms with E-state index in [1.807, 2.05) is 11.4 Å². The molecule has 0 aliphatic heterocycles. The van der Waals surface area contributed by atoms with Crippen molar-refractivity contribution in [2.45, 2.75) is 0 Å². The molecule has 0 heterocycles. The van der Waals surface area contributed by atoms with Gasteiger partial charge in [-0.1, -0.05) is 54.6 Å². The Morgan fingerprint density at radius 1 is 0.524 bits per heavy atom. The zero-order valence-corrected chi connectivity index (χ0v) is 13.7. The first-order valence-corrected chi connectivity index (χ1v) is 10.6. The molecule has 0 spiro atoms. The van der Waals surface area contributed by atoms with Gasteiger partial charge in [-0.15, -0.1) is 0 Å². The molecule has 0 fully saturated rings. The quantitative estimate of drug-likeness (QED) is 0.649. The van der Waals surface area contributed by atoms with Crippen LogP contribution in [-0.4, -0.2) is 6.26 Å². The molecule has 0 radical (unpaired) electrons. The summed E-state index contributed by atoms with van der Waals surface area (Å²) >= 11 is 1.99. The molecule has 3 aromatic rings. The van der Waals surface area contributed by atoms with Crippen LogP contribution in [0.3, 0.4) is 0 Å². The maximum absolute atomic E-state index is 2.27. The highest BCUT2D eigenvalue weighted by molar-refractivity contribution is 8.69. The monoisotopic (exact) mass is 309 g/mol. The summed E-state index contributed by atoms with van der Waals surface area (Å²) in [4.78, 5) is 0. The predicted molar refractivity (Wildman–Crippen MR) is 98.7 cm³/mol. The summed E-state index contributed by atoms with van der Waals surface area (Å²) in [5, 5.41) is 4.28. The first-order valence-electron chi connectivity index (χ1n) is 6.99. The number of hydrogen-bond acceptors (Lipinski definition) is 1. The highest BCUT2D eigenvalue weighted by atomic mass is 32.7. The van der Waals surface area contributed by atoms with Gasteiger partial charge < -0.3 is 0 Å². The summed E-state index contributed by atoms with van der Waals surface area (Å²) in [5.74, 6) is 0.